The molecule has 2 heterocycles. The number of fused-ring (bicyclic) bond motifs is 7. The number of carbonyl (C=O) groups excluding carboxylic acids is 1. The Balaban J connectivity index is 1.73. The van der Waals surface area contributed by atoms with Crippen LogP contribution in [0, 0.1) is 22.7 Å². The van der Waals surface area contributed by atoms with Crippen molar-refractivity contribution in [3.05, 3.63) is 0 Å². The van der Waals surface area contributed by atoms with Gasteiger partial charge in [-0.15, -0.1) is 0 Å². The first-order valence-corrected chi connectivity index (χ1v) is 7.95. The topological polar surface area (TPSA) is 48.0 Å². The van der Waals surface area contributed by atoms with E-state index in [1.54, 1.807) is 0 Å². The maximum absolute atomic E-state index is 12.1. The number of esters is 1. The normalized spacial score (nSPS) is 53.8. The minimum atomic E-state index is -0.678. The summed E-state index contributed by atoms with van der Waals surface area (Å²) in [6.45, 7) is 9.40. The largest absolute Gasteiger partial charge is 0.469 e. The average molecular weight is 295 g/mol. The Kier molecular flexibility index (Phi) is 2.54. The molecule has 0 aromatic heterocycles. The lowest BCUT2D eigenvalue weighted by atomic mass is 9.70. The Morgan fingerprint density at radius 1 is 1.29 bits per heavy atom. The predicted molar refractivity (Wildman–Crippen MR) is 75.0 cm³/mol. The highest BCUT2D eigenvalue weighted by Crippen LogP contribution is 2.71. The summed E-state index contributed by atoms with van der Waals surface area (Å²) in [6, 6.07) is 0.262. The van der Waals surface area contributed by atoms with E-state index in [2.05, 4.69) is 20.8 Å². The van der Waals surface area contributed by atoms with Crippen LogP contribution in [0.1, 0.15) is 40.5 Å². The molecule has 21 heavy (non-hydrogen) atoms. The molecule has 0 aromatic rings. The Labute approximate surface area is 125 Å². The fourth-order valence-electron chi connectivity index (χ4n) is 5.54. The number of hydroxylamine groups is 2. The van der Waals surface area contributed by atoms with Crippen LogP contribution in [0.4, 0.5) is 0 Å². The lowest BCUT2D eigenvalue weighted by molar-refractivity contribution is -0.224. The summed E-state index contributed by atoms with van der Waals surface area (Å²) in [5.41, 5.74) is -0.279. The first-order valence-electron chi connectivity index (χ1n) is 7.95. The van der Waals surface area contributed by atoms with Crippen molar-refractivity contribution in [1.82, 2.24) is 5.06 Å². The summed E-state index contributed by atoms with van der Waals surface area (Å²) < 4.78 is 11.4. The average Bonchev–Trinajstić information content (AvgIpc) is 3.01. The molecule has 4 rings (SSSR count). The van der Waals surface area contributed by atoms with E-state index in [9.17, 15) is 4.79 Å². The van der Waals surface area contributed by atoms with E-state index >= 15 is 0 Å². The molecule has 0 radical (unpaired) electrons. The molecule has 0 amide bonds. The molecule has 6 atom stereocenters. The fraction of sp³-hybridized carbons (Fsp3) is 0.938. The van der Waals surface area contributed by atoms with Gasteiger partial charge in [-0.1, -0.05) is 20.8 Å². The molecule has 0 unspecified atom stereocenters. The zero-order valence-corrected chi connectivity index (χ0v) is 13.5. The van der Waals surface area contributed by atoms with E-state index in [4.69, 9.17) is 14.3 Å². The maximum Gasteiger partial charge on any atom is 0.315 e. The van der Waals surface area contributed by atoms with Crippen molar-refractivity contribution in [2.45, 2.75) is 58.4 Å². The SMILES string of the molecule is COC(=O)[C@@H]1CON2[C@@H]3[C@H]4CC[C@@](C)([C@@H]3O[C@@]12C)C4(C)C. The van der Waals surface area contributed by atoms with Crippen molar-refractivity contribution in [2.24, 2.45) is 22.7 Å². The summed E-state index contributed by atoms with van der Waals surface area (Å²) in [5, 5.41) is 2.00. The van der Waals surface area contributed by atoms with Crippen LogP contribution in [0.15, 0.2) is 0 Å². The lowest BCUT2D eigenvalue weighted by Gasteiger charge is -2.40. The first kappa shape index (κ1) is 14.0. The smallest absolute Gasteiger partial charge is 0.315 e. The van der Waals surface area contributed by atoms with Crippen LogP contribution in [0.3, 0.4) is 0 Å². The number of ether oxygens (including phenoxy) is 2. The van der Waals surface area contributed by atoms with Gasteiger partial charge >= 0.3 is 5.97 Å². The molecule has 0 spiro atoms. The number of nitrogens with zero attached hydrogens (tertiary/aromatic N) is 1. The van der Waals surface area contributed by atoms with E-state index in [-0.39, 0.29) is 34.9 Å². The molecule has 2 aliphatic carbocycles. The highest BCUT2D eigenvalue weighted by atomic mass is 16.8. The van der Waals surface area contributed by atoms with E-state index < -0.39 is 5.72 Å². The van der Waals surface area contributed by atoms with Crippen molar-refractivity contribution >= 4 is 5.97 Å². The zero-order valence-electron chi connectivity index (χ0n) is 13.5. The molecular formula is C16H25NO4. The second kappa shape index (κ2) is 3.81. The summed E-state index contributed by atoms with van der Waals surface area (Å²) >= 11 is 0. The summed E-state index contributed by atoms with van der Waals surface area (Å²) in [4.78, 5) is 18.0. The predicted octanol–water partition coefficient (Wildman–Crippen LogP) is 1.96. The third kappa shape index (κ3) is 1.32. The maximum atomic E-state index is 12.1. The van der Waals surface area contributed by atoms with Crippen LogP contribution in [-0.2, 0) is 19.1 Å². The van der Waals surface area contributed by atoms with Gasteiger partial charge in [-0.3, -0.25) is 9.63 Å². The number of hydrogen-bond donors (Lipinski definition) is 0. The highest BCUT2D eigenvalue weighted by molar-refractivity contribution is 5.74. The van der Waals surface area contributed by atoms with Gasteiger partial charge in [0.1, 0.15) is 5.92 Å². The minimum absolute atomic E-state index is 0.142. The molecular weight excluding hydrogens is 270 g/mol. The standard InChI is InChI=1S/C16H25NO4/c1-14(2)9-6-7-15(14,3)12-11(9)17-16(4,21-12)10(8-20-17)13(18)19-5/h9-12H,6-8H2,1-5H3/t9-,10+,11-,12-,15+,16+/m1/s1. The van der Waals surface area contributed by atoms with Gasteiger partial charge in [-0.05, 0) is 31.1 Å². The quantitative estimate of drug-likeness (QED) is 0.692. The van der Waals surface area contributed by atoms with Crippen molar-refractivity contribution in [3.63, 3.8) is 0 Å². The van der Waals surface area contributed by atoms with E-state index in [0.29, 0.717) is 12.5 Å². The molecule has 0 N–H and O–H groups in total. The van der Waals surface area contributed by atoms with Gasteiger partial charge in [-0.2, -0.15) is 5.06 Å². The van der Waals surface area contributed by atoms with Gasteiger partial charge in [0.2, 0.25) is 0 Å². The number of carbonyl (C=O) groups is 1. The Morgan fingerprint density at radius 2 is 2.00 bits per heavy atom. The van der Waals surface area contributed by atoms with Crippen molar-refractivity contribution in [1.29, 1.82) is 0 Å². The van der Waals surface area contributed by atoms with Crippen LogP contribution in [0.2, 0.25) is 0 Å². The van der Waals surface area contributed by atoms with Crippen molar-refractivity contribution in [3.8, 4) is 0 Å². The number of hydrogen-bond acceptors (Lipinski definition) is 5. The van der Waals surface area contributed by atoms with Crippen LogP contribution in [0.25, 0.3) is 0 Å². The molecule has 118 valence electrons. The molecule has 2 bridgehead atoms. The monoisotopic (exact) mass is 295 g/mol. The Bertz CT molecular complexity index is 507. The molecule has 2 aliphatic heterocycles. The van der Waals surface area contributed by atoms with Crippen LogP contribution in [-0.4, -0.2) is 42.6 Å². The van der Waals surface area contributed by atoms with Crippen LogP contribution >= 0.6 is 0 Å². The molecule has 5 nitrogen and oxygen atoms in total. The second-order valence-corrected chi connectivity index (χ2v) is 8.07. The van der Waals surface area contributed by atoms with Crippen molar-refractivity contribution in [2.75, 3.05) is 13.7 Å². The van der Waals surface area contributed by atoms with Crippen LogP contribution in [0.5, 0.6) is 0 Å². The van der Waals surface area contributed by atoms with Gasteiger partial charge in [0.15, 0.2) is 5.72 Å². The van der Waals surface area contributed by atoms with Gasteiger partial charge < -0.3 is 9.47 Å². The third-order valence-electron chi connectivity index (χ3n) is 7.31. The molecule has 0 aromatic carbocycles. The molecule has 4 fully saturated rings. The second-order valence-electron chi connectivity index (χ2n) is 8.07. The molecule has 2 saturated heterocycles. The molecule has 5 heteroatoms. The summed E-state index contributed by atoms with van der Waals surface area (Å²) in [5.74, 6) is -0.0401. The highest BCUT2D eigenvalue weighted by Gasteiger charge is 2.76. The summed E-state index contributed by atoms with van der Waals surface area (Å²) in [6.07, 6.45) is 2.55. The van der Waals surface area contributed by atoms with Crippen molar-refractivity contribution < 1.29 is 19.1 Å². The lowest BCUT2D eigenvalue weighted by Crippen LogP contribution is -2.49. The van der Waals surface area contributed by atoms with E-state index in [1.807, 2.05) is 12.0 Å². The fourth-order valence-corrected chi connectivity index (χ4v) is 5.54. The molecule has 4 aliphatic rings. The Morgan fingerprint density at radius 3 is 2.67 bits per heavy atom. The van der Waals surface area contributed by atoms with E-state index in [1.165, 1.54) is 20.0 Å². The van der Waals surface area contributed by atoms with Gasteiger partial charge in [-0.25, -0.2) is 0 Å². The Hall–Kier alpha value is -0.650. The van der Waals surface area contributed by atoms with E-state index in [0.717, 1.165) is 0 Å². The third-order valence-corrected chi connectivity index (χ3v) is 7.31. The summed E-state index contributed by atoms with van der Waals surface area (Å²) in [7, 11) is 1.43. The van der Waals surface area contributed by atoms with Crippen LogP contribution < -0.4 is 0 Å². The van der Waals surface area contributed by atoms with Gasteiger partial charge in [0, 0.05) is 5.41 Å². The van der Waals surface area contributed by atoms with Gasteiger partial charge in [0.05, 0.1) is 25.9 Å². The zero-order chi connectivity index (χ0) is 15.2. The van der Waals surface area contributed by atoms with Gasteiger partial charge in [0.25, 0.3) is 0 Å². The minimum Gasteiger partial charge on any atom is -0.469 e. The number of methoxy groups -OCH3 is 1. The first-order chi connectivity index (χ1) is 9.77. The molecule has 2 saturated carbocycles. The number of rotatable bonds is 1.